The van der Waals surface area contributed by atoms with E-state index in [1.807, 2.05) is 32.0 Å². The summed E-state index contributed by atoms with van der Waals surface area (Å²) in [5, 5.41) is 7.38. The summed E-state index contributed by atoms with van der Waals surface area (Å²) in [6.07, 6.45) is -0.371. The van der Waals surface area contributed by atoms with Gasteiger partial charge in [0.15, 0.2) is 5.82 Å². The highest BCUT2D eigenvalue weighted by Crippen LogP contribution is 2.35. The fourth-order valence-corrected chi connectivity index (χ4v) is 4.47. The number of hydrogen-bond donors (Lipinski definition) is 1. The second-order valence-electron chi connectivity index (χ2n) is 8.69. The summed E-state index contributed by atoms with van der Waals surface area (Å²) in [4.78, 5) is 26.0. The topological polar surface area (TPSA) is 90.0 Å². The largest absolute Gasteiger partial charge is 0.392 e. The zero-order valence-corrected chi connectivity index (χ0v) is 19.3. The van der Waals surface area contributed by atoms with Crippen LogP contribution < -0.4 is 5.32 Å². The molecule has 5 rings (SSSR count). The van der Waals surface area contributed by atoms with E-state index in [4.69, 9.17) is 0 Å². The van der Waals surface area contributed by atoms with E-state index >= 15 is 0 Å². The minimum atomic E-state index is -4.23. The molecule has 11 heteroatoms. The average Bonchev–Trinajstić information content (AvgIpc) is 3.42. The normalized spacial score (nSPS) is 15.9. The second kappa shape index (κ2) is 8.79. The van der Waals surface area contributed by atoms with Crippen LogP contribution in [0.3, 0.4) is 0 Å². The van der Waals surface area contributed by atoms with Gasteiger partial charge < -0.3 is 5.32 Å². The van der Waals surface area contributed by atoms with Gasteiger partial charge in [0.25, 0.3) is 5.91 Å². The molecule has 1 aromatic carbocycles. The maximum atomic E-state index is 13.1. The Morgan fingerprint density at radius 1 is 1.26 bits per heavy atom. The van der Waals surface area contributed by atoms with Gasteiger partial charge in [-0.05, 0) is 37.0 Å². The van der Waals surface area contributed by atoms with Gasteiger partial charge in [0, 0.05) is 37.5 Å². The van der Waals surface area contributed by atoms with Crippen LogP contribution in [0.25, 0.3) is 17.2 Å². The van der Waals surface area contributed by atoms with Crippen molar-refractivity contribution >= 4 is 11.7 Å². The second-order valence-corrected chi connectivity index (χ2v) is 8.69. The third-order valence-corrected chi connectivity index (χ3v) is 6.34. The molecule has 0 spiro atoms. The van der Waals surface area contributed by atoms with Gasteiger partial charge in [0.05, 0.1) is 11.6 Å². The standard InChI is InChI=1S/C24H24F3N7O/c1-3-18-20(33-9-4-8-28-23(33)30-18)22(35)29-13-15-5-6-17(14(2)11-15)21-31-19-12-16(24(25,26)27)7-10-34(19)32-21/h4-6,8-9,11,16H,3,7,10,12-13H2,1-2H3,(H,29,35)/t16-/m1/s1. The lowest BCUT2D eigenvalue weighted by Gasteiger charge is -2.24. The Hall–Kier alpha value is -3.76. The summed E-state index contributed by atoms with van der Waals surface area (Å²) in [5.74, 6) is -0.366. The zero-order valence-electron chi connectivity index (χ0n) is 19.3. The van der Waals surface area contributed by atoms with Gasteiger partial charge >= 0.3 is 6.18 Å². The molecule has 0 radical (unpaired) electrons. The number of imidazole rings is 1. The molecule has 1 atom stereocenters. The molecule has 1 N–H and O–H groups in total. The number of halogens is 3. The highest BCUT2D eigenvalue weighted by atomic mass is 19.4. The fraction of sp³-hybridized carbons (Fsp3) is 0.375. The van der Waals surface area contributed by atoms with Crippen molar-refractivity contribution in [2.45, 2.75) is 52.4 Å². The summed E-state index contributed by atoms with van der Waals surface area (Å²) in [6, 6.07) is 7.37. The monoisotopic (exact) mass is 483 g/mol. The molecule has 35 heavy (non-hydrogen) atoms. The molecule has 0 aliphatic carbocycles. The number of aromatic nitrogens is 6. The molecule has 182 valence electrons. The fourth-order valence-electron chi connectivity index (χ4n) is 4.47. The Balaban J connectivity index is 1.31. The molecule has 0 fully saturated rings. The van der Waals surface area contributed by atoms with E-state index in [0.29, 0.717) is 41.8 Å². The number of nitrogens with one attached hydrogen (secondary N) is 1. The number of carbonyl (C=O) groups excluding carboxylic acids is 1. The van der Waals surface area contributed by atoms with Gasteiger partial charge in [-0.25, -0.2) is 19.6 Å². The van der Waals surface area contributed by atoms with E-state index in [1.54, 1.807) is 27.5 Å². The van der Waals surface area contributed by atoms with Crippen LogP contribution in [0.2, 0.25) is 0 Å². The maximum Gasteiger partial charge on any atom is 0.392 e. The molecule has 1 aliphatic rings. The molecule has 4 heterocycles. The van der Waals surface area contributed by atoms with Crippen molar-refractivity contribution < 1.29 is 18.0 Å². The third kappa shape index (κ3) is 4.38. The van der Waals surface area contributed by atoms with Crippen molar-refractivity contribution in [3.8, 4) is 11.4 Å². The number of amides is 1. The molecular formula is C24H24F3N7O. The molecule has 8 nitrogen and oxygen atoms in total. The molecule has 3 aromatic heterocycles. The lowest BCUT2D eigenvalue weighted by molar-refractivity contribution is -0.179. The minimum Gasteiger partial charge on any atom is -0.347 e. The van der Waals surface area contributed by atoms with Crippen LogP contribution in [-0.2, 0) is 25.9 Å². The van der Waals surface area contributed by atoms with Crippen molar-refractivity contribution in [2.24, 2.45) is 5.92 Å². The van der Waals surface area contributed by atoms with Crippen molar-refractivity contribution in [1.82, 2.24) is 34.4 Å². The van der Waals surface area contributed by atoms with E-state index in [1.165, 1.54) is 0 Å². The summed E-state index contributed by atoms with van der Waals surface area (Å²) >= 11 is 0. The van der Waals surface area contributed by atoms with Crippen molar-refractivity contribution in [2.75, 3.05) is 0 Å². The first-order valence-electron chi connectivity index (χ1n) is 11.4. The van der Waals surface area contributed by atoms with Gasteiger partial charge in [-0.1, -0.05) is 25.1 Å². The smallest absolute Gasteiger partial charge is 0.347 e. The maximum absolute atomic E-state index is 13.1. The lowest BCUT2D eigenvalue weighted by atomic mass is 9.98. The molecular weight excluding hydrogens is 459 g/mol. The van der Waals surface area contributed by atoms with E-state index in [-0.39, 0.29) is 25.3 Å². The quantitative estimate of drug-likeness (QED) is 0.465. The van der Waals surface area contributed by atoms with Gasteiger partial charge in [-0.15, -0.1) is 0 Å². The Morgan fingerprint density at radius 3 is 2.83 bits per heavy atom. The summed E-state index contributed by atoms with van der Waals surface area (Å²) in [6.45, 7) is 4.33. The van der Waals surface area contributed by atoms with Gasteiger partial charge in [-0.3, -0.25) is 9.20 Å². The Labute approximate surface area is 199 Å². The van der Waals surface area contributed by atoms with E-state index in [0.717, 1.165) is 16.7 Å². The number of benzene rings is 1. The van der Waals surface area contributed by atoms with Crippen LogP contribution in [0.1, 0.15) is 46.5 Å². The summed E-state index contributed by atoms with van der Waals surface area (Å²) in [7, 11) is 0. The first-order valence-corrected chi connectivity index (χ1v) is 11.4. The predicted molar refractivity (Wildman–Crippen MR) is 122 cm³/mol. The van der Waals surface area contributed by atoms with Crippen molar-refractivity contribution in [3.05, 3.63) is 65.0 Å². The number of nitrogens with zero attached hydrogens (tertiary/aromatic N) is 6. The van der Waals surface area contributed by atoms with Crippen LogP contribution in [-0.4, -0.2) is 41.2 Å². The molecule has 0 unspecified atom stereocenters. The van der Waals surface area contributed by atoms with Crippen LogP contribution in [0, 0.1) is 12.8 Å². The minimum absolute atomic E-state index is 0.0131. The first kappa shape index (κ1) is 23.0. The van der Waals surface area contributed by atoms with E-state index in [9.17, 15) is 18.0 Å². The van der Waals surface area contributed by atoms with Crippen LogP contribution in [0.15, 0.2) is 36.7 Å². The van der Waals surface area contributed by atoms with Crippen molar-refractivity contribution in [3.63, 3.8) is 0 Å². The van der Waals surface area contributed by atoms with Gasteiger partial charge in [-0.2, -0.15) is 18.3 Å². The number of aryl methyl sites for hydroxylation is 3. The van der Waals surface area contributed by atoms with E-state index < -0.39 is 12.1 Å². The number of fused-ring (bicyclic) bond motifs is 2. The predicted octanol–water partition coefficient (Wildman–Crippen LogP) is 3.91. The molecule has 1 aliphatic heterocycles. The van der Waals surface area contributed by atoms with Crippen LogP contribution >= 0.6 is 0 Å². The molecule has 0 saturated carbocycles. The van der Waals surface area contributed by atoms with Crippen LogP contribution in [0.5, 0.6) is 0 Å². The van der Waals surface area contributed by atoms with Crippen LogP contribution in [0.4, 0.5) is 13.2 Å². The number of rotatable bonds is 5. The number of alkyl halides is 3. The number of carbonyl (C=O) groups is 1. The molecule has 0 saturated heterocycles. The Bertz CT molecular complexity index is 1410. The van der Waals surface area contributed by atoms with E-state index in [2.05, 4.69) is 25.4 Å². The zero-order chi connectivity index (χ0) is 24.7. The highest BCUT2D eigenvalue weighted by molar-refractivity contribution is 5.94. The Morgan fingerprint density at radius 2 is 2.09 bits per heavy atom. The average molecular weight is 483 g/mol. The summed E-state index contributed by atoms with van der Waals surface area (Å²) in [5.41, 5.74) is 3.65. The lowest BCUT2D eigenvalue weighted by Crippen LogP contribution is -2.31. The number of hydrogen-bond acceptors (Lipinski definition) is 5. The summed E-state index contributed by atoms with van der Waals surface area (Å²) < 4.78 is 42.6. The molecule has 4 aromatic rings. The van der Waals surface area contributed by atoms with Crippen molar-refractivity contribution in [1.29, 1.82) is 0 Å². The third-order valence-electron chi connectivity index (χ3n) is 6.34. The highest BCUT2D eigenvalue weighted by Gasteiger charge is 2.42. The van der Waals surface area contributed by atoms with Gasteiger partial charge in [0.2, 0.25) is 5.78 Å². The van der Waals surface area contributed by atoms with Gasteiger partial charge in [0.1, 0.15) is 11.5 Å². The Kier molecular flexibility index (Phi) is 5.78. The first-order chi connectivity index (χ1) is 16.7. The SMILES string of the molecule is CCc1nc2ncccn2c1C(=O)NCc1ccc(-c2nc3n(n2)CC[C@@H](C(F)(F)F)C3)c(C)c1. The molecule has 1 amide bonds. The molecule has 0 bridgehead atoms.